The fourth-order valence-electron chi connectivity index (χ4n) is 4.90. The van der Waals surface area contributed by atoms with Gasteiger partial charge in [-0.1, -0.05) is 18.2 Å². The normalized spacial score (nSPS) is 20.7. The first-order valence-electron chi connectivity index (χ1n) is 11.7. The zero-order chi connectivity index (χ0) is 21.5. The van der Waals surface area contributed by atoms with Gasteiger partial charge in [0.25, 0.3) is 0 Å². The molecular formula is C25H37N3O3. The van der Waals surface area contributed by atoms with Crippen molar-refractivity contribution in [2.24, 2.45) is 5.92 Å². The molecule has 0 N–H and O–H groups in total. The molecule has 0 amide bonds. The van der Waals surface area contributed by atoms with Crippen LogP contribution in [0.4, 0.5) is 0 Å². The standard InChI is InChI=1S/C25H37N3O3/c1-29-16-14-27-12-10-20(11-13-27)17-28(19-23-6-4-15-31-23)18-22-9-8-21-5-3-7-24(30-2)25(21)26-22/h3,5,7-9,20,23H,4,6,10-19H2,1-2H3. The maximum Gasteiger partial charge on any atom is 0.145 e. The van der Waals surface area contributed by atoms with Gasteiger partial charge in [0.05, 0.1) is 25.5 Å². The molecule has 0 saturated carbocycles. The fraction of sp³-hybridized carbons (Fsp3) is 0.640. The first kappa shape index (κ1) is 22.5. The Bertz CT molecular complexity index is 817. The van der Waals surface area contributed by atoms with Crippen molar-refractivity contribution >= 4 is 10.9 Å². The molecule has 0 aliphatic carbocycles. The lowest BCUT2D eigenvalue weighted by Gasteiger charge is -2.35. The second-order valence-corrected chi connectivity index (χ2v) is 8.94. The average molecular weight is 428 g/mol. The highest BCUT2D eigenvalue weighted by Gasteiger charge is 2.25. The molecule has 170 valence electrons. The summed E-state index contributed by atoms with van der Waals surface area (Å²) in [5.74, 6) is 1.57. The molecule has 2 saturated heterocycles. The highest BCUT2D eigenvalue weighted by atomic mass is 16.5. The molecule has 2 aromatic rings. The van der Waals surface area contributed by atoms with Crippen LogP contribution in [0.1, 0.15) is 31.4 Å². The average Bonchev–Trinajstić information content (AvgIpc) is 3.31. The molecule has 1 aromatic carbocycles. The molecule has 6 heteroatoms. The summed E-state index contributed by atoms with van der Waals surface area (Å²) in [5.41, 5.74) is 2.05. The summed E-state index contributed by atoms with van der Waals surface area (Å²) in [4.78, 5) is 10.1. The lowest BCUT2D eigenvalue weighted by atomic mass is 9.96. The number of para-hydroxylation sites is 1. The summed E-state index contributed by atoms with van der Waals surface area (Å²) in [7, 11) is 3.50. The number of ether oxygens (including phenoxy) is 3. The minimum atomic E-state index is 0.358. The van der Waals surface area contributed by atoms with Crippen LogP contribution < -0.4 is 4.74 Å². The molecule has 6 nitrogen and oxygen atoms in total. The molecular weight excluding hydrogens is 390 g/mol. The van der Waals surface area contributed by atoms with E-state index in [4.69, 9.17) is 19.2 Å². The summed E-state index contributed by atoms with van der Waals surface area (Å²) in [5, 5.41) is 1.12. The molecule has 2 fully saturated rings. The molecule has 0 radical (unpaired) electrons. The summed E-state index contributed by atoms with van der Waals surface area (Å²) in [6.07, 6.45) is 5.22. The second kappa shape index (κ2) is 11.2. The third-order valence-electron chi connectivity index (χ3n) is 6.67. The Labute approximate surface area is 186 Å². The smallest absolute Gasteiger partial charge is 0.145 e. The van der Waals surface area contributed by atoms with E-state index in [0.717, 1.165) is 67.7 Å². The lowest BCUT2D eigenvalue weighted by molar-refractivity contribution is 0.0547. The number of aromatic nitrogens is 1. The van der Waals surface area contributed by atoms with Crippen LogP contribution in [0.15, 0.2) is 30.3 Å². The van der Waals surface area contributed by atoms with Crippen LogP contribution >= 0.6 is 0 Å². The summed E-state index contributed by atoms with van der Waals surface area (Å²) >= 11 is 0. The van der Waals surface area contributed by atoms with Crippen molar-refractivity contribution in [1.82, 2.24) is 14.8 Å². The van der Waals surface area contributed by atoms with Crippen molar-refractivity contribution in [2.75, 3.05) is 60.2 Å². The number of pyridine rings is 1. The molecule has 0 spiro atoms. The van der Waals surface area contributed by atoms with Crippen molar-refractivity contribution in [3.63, 3.8) is 0 Å². The first-order valence-corrected chi connectivity index (χ1v) is 11.7. The van der Waals surface area contributed by atoms with Crippen LogP contribution in [0.5, 0.6) is 5.75 Å². The molecule has 2 aliphatic rings. The van der Waals surface area contributed by atoms with E-state index in [-0.39, 0.29) is 0 Å². The summed E-state index contributed by atoms with van der Waals surface area (Å²) < 4.78 is 16.8. The Morgan fingerprint density at radius 2 is 1.97 bits per heavy atom. The number of methoxy groups -OCH3 is 2. The Morgan fingerprint density at radius 3 is 2.71 bits per heavy atom. The van der Waals surface area contributed by atoms with Crippen molar-refractivity contribution in [3.05, 3.63) is 36.0 Å². The molecule has 31 heavy (non-hydrogen) atoms. The molecule has 1 atom stereocenters. The zero-order valence-corrected chi connectivity index (χ0v) is 19.1. The number of benzene rings is 1. The van der Waals surface area contributed by atoms with E-state index >= 15 is 0 Å². The number of hydrogen-bond donors (Lipinski definition) is 0. The van der Waals surface area contributed by atoms with Gasteiger partial charge in [-0.2, -0.15) is 0 Å². The van der Waals surface area contributed by atoms with Gasteiger partial charge in [-0.25, -0.2) is 4.98 Å². The minimum absolute atomic E-state index is 0.358. The Hall–Kier alpha value is -1.73. The predicted molar refractivity (Wildman–Crippen MR) is 124 cm³/mol. The van der Waals surface area contributed by atoms with E-state index in [0.29, 0.717) is 6.10 Å². The molecule has 4 rings (SSSR count). The number of piperidine rings is 1. The third kappa shape index (κ3) is 6.16. The van der Waals surface area contributed by atoms with Crippen LogP contribution in [-0.2, 0) is 16.0 Å². The Kier molecular flexibility index (Phi) is 8.14. The lowest BCUT2D eigenvalue weighted by Crippen LogP contribution is -2.41. The van der Waals surface area contributed by atoms with Crippen molar-refractivity contribution in [1.29, 1.82) is 0 Å². The number of fused-ring (bicyclic) bond motifs is 1. The highest BCUT2D eigenvalue weighted by molar-refractivity contribution is 5.84. The van der Waals surface area contributed by atoms with E-state index in [1.165, 1.54) is 38.8 Å². The second-order valence-electron chi connectivity index (χ2n) is 8.94. The fourth-order valence-corrected chi connectivity index (χ4v) is 4.90. The van der Waals surface area contributed by atoms with E-state index in [1.807, 2.05) is 12.1 Å². The zero-order valence-electron chi connectivity index (χ0n) is 19.1. The summed E-state index contributed by atoms with van der Waals surface area (Å²) in [6.45, 7) is 8.09. The first-order chi connectivity index (χ1) is 15.2. The summed E-state index contributed by atoms with van der Waals surface area (Å²) in [6, 6.07) is 10.4. The quantitative estimate of drug-likeness (QED) is 0.578. The number of hydrogen-bond acceptors (Lipinski definition) is 6. The van der Waals surface area contributed by atoms with Crippen LogP contribution in [0, 0.1) is 5.92 Å². The van der Waals surface area contributed by atoms with Gasteiger partial charge in [-0.3, -0.25) is 4.90 Å². The van der Waals surface area contributed by atoms with E-state index < -0.39 is 0 Å². The maximum atomic E-state index is 5.97. The van der Waals surface area contributed by atoms with E-state index in [1.54, 1.807) is 14.2 Å². The van der Waals surface area contributed by atoms with Gasteiger partial charge < -0.3 is 19.1 Å². The van der Waals surface area contributed by atoms with Gasteiger partial charge in [0.2, 0.25) is 0 Å². The third-order valence-corrected chi connectivity index (χ3v) is 6.67. The van der Waals surface area contributed by atoms with Gasteiger partial charge in [0.15, 0.2) is 0 Å². The van der Waals surface area contributed by atoms with Gasteiger partial charge in [-0.15, -0.1) is 0 Å². The Balaban J connectivity index is 1.42. The van der Waals surface area contributed by atoms with Crippen molar-refractivity contribution in [2.45, 2.75) is 38.3 Å². The van der Waals surface area contributed by atoms with Crippen LogP contribution in [0.2, 0.25) is 0 Å². The van der Waals surface area contributed by atoms with Gasteiger partial charge >= 0.3 is 0 Å². The number of nitrogens with zero attached hydrogens (tertiary/aromatic N) is 3. The van der Waals surface area contributed by atoms with Crippen LogP contribution in [0.25, 0.3) is 10.9 Å². The highest BCUT2D eigenvalue weighted by Crippen LogP contribution is 2.25. The van der Waals surface area contributed by atoms with Crippen molar-refractivity contribution in [3.8, 4) is 5.75 Å². The van der Waals surface area contributed by atoms with Crippen LogP contribution in [-0.4, -0.2) is 81.0 Å². The Morgan fingerprint density at radius 1 is 1.10 bits per heavy atom. The minimum Gasteiger partial charge on any atom is -0.494 e. The molecule has 1 unspecified atom stereocenters. The molecule has 2 aliphatic heterocycles. The van der Waals surface area contributed by atoms with Crippen molar-refractivity contribution < 1.29 is 14.2 Å². The van der Waals surface area contributed by atoms with Gasteiger partial charge in [0.1, 0.15) is 11.3 Å². The predicted octanol–water partition coefficient (Wildman–Crippen LogP) is 3.58. The largest absolute Gasteiger partial charge is 0.494 e. The molecule has 3 heterocycles. The van der Waals surface area contributed by atoms with Gasteiger partial charge in [0, 0.05) is 45.3 Å². The molecule has 0 bridgehead atoms. The molecule has 1 aromatic heterocycles. The number of likely N-dealkylation sites (tertiary alicyclic amines) is 1. The van der Waals surface area contributed by atoms with Crippen LogP contribution in [0.3, 0.4) is 0 Å². The number of rotatable bonds is 10. The topological polar surface area (TPSA) is 47.1 Å². The maximum absolute atomic E-state index is 5.97. The van der Waals surface area contributed by atoms with E-state index in [9.17, 15) is 0 Å². The SMILES string of the molecule is COCCN1CCC(CN(Cc2ccc3cccc(OC)c3n2)CC2CCCO2)CC1. The van der Waals surface area contributed by atoms with Gasteiger partial charge in [-0.05, 0) is 56.8 Å². The monoisotopic (exact) mass is 427 g/mol. The van der Waals surface area contributed by atoms with E-state index in [2.05, 4.69) is 28.0 Å².